The van der Waals surface area contributed by atoms with Crippen LogP contribution in [-0.2, 0) is 9.31 Å². The van der Waals surface area contributed by atoms with Crippen LogP contribution in [0, 0.1) is 0 Å². The predicted octanol–water partition coefficient (Wildman–Crippen LogP) is 6.76. The first-order valence-electron chi connectivity index (χ1n) is 12.5. The molecule has 1 fully saturated rings. The number of rotatable bonds is 2. The molecule has 3 heterocycles. The molecule has 1 saturated heterocycles. The molecule has 0 N–H and O–H groups in total. The number of imidazole rings is 1. The summed E-state index contributed by atoms with van der Waals surface area (Å²) in [5.74, 6) is 0. The Bertz CT molecular complexity index is 1790. The lowest BCUT2D eigenvalue weighted by molar-refractivity contribution is 0.00578. The number of pyridine rings is 1. The molecular formula is C31H27BN2O2. The maximum atomic E-state index is 6.39. The van der Waals surface area contributed by atoms with E-state index >= 15 is 0 Å². The van der Waals surface area contributed by atoms with Crippen LogP contribution >= 0.6 is 0 Å². The van der Waals surface area contributed by atoms with E-state index < -0.39 is 7.12 Å². The van der Waals surface area contributed by atoms with Gasteiger partial charge in [-0.05, 0) is 73.9 Å². The average Bonchev–Trinajstić information content (AvgIpc) is 3.38. The summed E-state index contributed by atoms with van der Waals surface area (Å²) in [6, 6.07) is 32.1. The number of hydrogen-bond donors (Lipinski definition) is 0. The normalized spacial score (nSPS) is 17.1. The van der Waals surface area contributed by atoms with Gasteiger partial charge in [-0.3, -0.25) is 4.40 Å². The lowest BCUT2D eigenvalue weighted by Crippen LogP contribution is -2.41. The van der Waals surface area contributed by atoms with E-state index in [1.54, 1.807) is 0 Å². The van der Waals surface area contributed by atoms with Crippen molar-refractivity contribution >= 4 is 50.9 Å². The first-order valence-corrected chi connectivity index (χ1v) is 12.5. The lowest BCUT2D eigenvalue weighted by Gasteiger charge is -2.32. The third-order valence-corrected chi connectivity index (χ3v) is 8.01. The second-order valence-electron chi connectivity index (χ2n) is 10.8. The van der Waals surface area contributed by atoms with E-state index in [2.05, 4.69) is 117 Å². The Hall–Kier alpha value is -3.67. The van der Waals surface area contributed by atoms with Crippen molar-refractivity contribution in [3.8, 4) is 11.1 Å². The van der Waals surface area contributed by atoms with Gasteiger partial charge in [-0.1, -0.05) is 66.7 Å². The molecule has 0 bridgehead atoms. The molecule has 4 aromatic carbocycles. The van der Waals surface area contributed by atoms with E-state index in [9.17, 15) is 0 Å². The fourth-order valence-corrected chi connectivity index (χ4v) is 5.31. The molecule has 0 saturated carbocycles. The van der Waals surface area contributed by atoms with Gasteiger partial charge in [0.05, 0.1) is 27.8 Å². The quantitative estimate of drug-likeness (QED) is 0.207. The number of benzene rings is 4. The Morgan fingerprint density at radius 3 is 2.11 bits per heavy atom. The number of nitrogens with zero attached hydrogens (tertiary/aromatic N) is 2. The molecule has 4 nitrogen and oxygen atoms in total. The van der Waals surface area contributed by atoms with E-state index in [1.807, 2.05) is 6.07 Å². The van der Waals surface area contributed by atoms with Crippen molar-refractivity contribution in [3.05, 3.63) is 91.0 Å². The molecule has 0 spiro atoms. The van der Waals surface area contributed by atoms with Gasteiger partial charge in [0, 0.05) is 10.8 Å². The fraction of sp³-hybridized carbons (Fsp3) is 0.194. The Labute approximate surface area is 210 Å². The highest BCUT2D eigenvalue weighted by molar-refractivity contribution is 6.62. The maximum absolute atomic E-state index is 6.39. The number of aromatic nitrogens is 2. The van der Waals surface area contributed by atoms with Gasteiger partial charge in [0.2, 0.25) is 0 Å². The van der Waals surface area contributed by atoms with E-state index in [0.717, 1.165) is 33.0 Å². The minimum Gasteiger partial charge on any atom is -0.399 e. The first kappa shape index (κ1) is 21.6. The van der Waals surface area contributed by atoms with Crippen molar-refractivity contribution in [2.75, 3.05) is 0 Å². The second kappa shape index (κ2) is 7.42. The van der Waals surface area contributed by atoms with E-state index in [0.29, 0.717) is 0 Å². The molecular weight excluding hydrogens is 443 g/mol. The zero-order valence-electron chi connectivity index (χ0n) is 20.9. The van der Waals surface area contributed by atoms with Crippen LogP contribution in [0.1, 0.15) is 27.7 Å². The van der Waals surface area contributed by atoms with Crippen molar-refractivity contribution < 1.29 is 9.31 Å². The van der Waals surface area contributed by atoms with E-state index in [1.165, 1.54) is 21.9 Å². The minimum absolute atomic E-state index is 0.388. The summed E-state index contributed by atoms with van der Waals surface area (Å²) in [6.45, 7) is 8.36. The molecule has 1 aliphatic heterocycles. The zero-order chi connectivity index (χ0) is 24.7. The van der Waals surface area contributed by atoms with Crippen molar-refractivity contribution in [2.24, 2.45) is 0 Å². The standard InChI is InChI=1S/C31H27BN2O2/c1-30(2)31(3,4)36-32(35-30)22-15-17-24-23-16-14-21(20-10-6-5-7-11-20)18-25(23)29-33-26-12-8-9-13-27(26)34(29)28(24)19-22/h5-19H,1-4H3. The third-order valence-electron chi connectivity index (χ3n) is 8.01. The number of hydrogen-bond acceptors (Lipinski definition) is 3. The SMILES string of the molecule is CC1(C)OB(c2ccc3c4ccc(-c5ccccc5)cc4c4nc5ccccc5n4c3c2)OC1(C)C. The number of para-hydroxylation sites is 2. The molecule has 0 atom stereocenters. The van der Waals surface area contributed by atoms with Crippen LogP contribution in [-0.4, -0.2) is 27.7 Å². The van der Waals surface area contributed by atoms with Gasteiger partial charge in [0.25, 0.3) is 0 Å². The molecule has 0 radical (unpaired) electrons. The van der Waals surface area contributed by atoms with Gasteiger partial charge in [-0.25, -0.2) is 4.98 Å². The van der Waals surface area contributed by atoms with Crippen molar-refractivity contribution in [1.29, 1.82) is 0 Å². The first-order chi connectivity index (χ1) is 17.3. The molecule has 176 valence electrons. The Morgan fingerprint density at radius 1 is 0.639 bits per heavy atom. The van der Waals surface area contributed by atoms with Gasteiger partial charge in [0.1, 0.15) is 5.65 Å². The molecule has 0 aliphatic carbocycles. The highest BCUT2D eigenvalue weighted by Crippen LogP contribution is 2.38. The van der Waals surface area contributed by atoms with Crippen molar-refractivity contribution in [1.82, 2.24) is 9.38 Å². The van der Waals surface area contributed by atoms with Gasteiger partial charge in [0.15, 0.2) is 0 Å². The van der Waals surface area contributed by atoms with Gasteiger partial charge in [-0.15, -0.1) is 0 Å². The zero-order valence-corrected chi connectivity index (χ0v) is 20.9. The van der Waals surface area contributed by atoms with Gasteiger partial charge in [-0.2, -0.15) is 0 Å². The molecule has 7 rings (SSSR count). The van der Waals surface area contributed by atoms with E-state index in [4.69, 9.17) is 14.3 Å². The van der Waals surface area contributed by atoms with Crippen LogP contribution in [0.3, 0.4) is 0 Å². The van der Waals surface area contributed by atoms with Gasteiger partial charge < -0.3 is 9.31 Å². The fourth-order valence-electron chi connectivity index (χ4n) is 5.31. The summed E-state index contributed by atoms with van der Waals surface area (Å²) in [5, 5.41) is 3.51. The predicted molar refractivity (Wildman–Crippen MR) is 149 cm³/mol. The van der Waals surface area contributed by atoms with Crippen LogP contribution in [0.2, 0.25) is 0 Å². The molecule has 0 unspecified atom stereocenters. The molecule has 1 aliphatic rings. The number of fused-ring (bicyclic) bond motifs is 8. The molecule has 5 heteroatoms. The van der Waals surface area contributed by atoms with Gasteiger partial charge >= 0.3 is 7.12 Å². The summed E-state index contributed by atoms with van der Waals surface area (Å²) in [7, 11) is -0.416. The largest absolute Gasteiger partial charge is 0.494 e. The monoisotopic (exact) mass is 470 g/mol. The smallest absolute Gasteiger partial charge is 0.399 e. The summed E-state index contributed by atoms with van der Waals surface area (Å²) >= 11 is 0. The van der Waals surface area contributed by atoms with E-state index in [-0.39, 0.29) is 11.2 Å². The average molecular weight is 470 g/mol. The Morgan fingerprint density at radius 2 is 1.33 bits per heavy atom. The highest BCUT2D eigenvalue weighted by Gasteiger charge is 2.51. The summed E-state index contributed by atoms with van der Waals surface area (Å²) in [6.07, 6.45) is 0. The molecule has 2 aromatic heterocycles. The van der Waals surface area contributed by atoms with Crippen LogP contribution < -0.4 is 5.46 Å². The Kier molecular flexibility index (Phi) is 4.45. The highest BCUT2D eigenvalue weighted by atomic mass is 16.7. The molecule has 36 heavy (non-hydrogen) atoms. The van der Waals surface area contributed by atoms with Crippen LogP contribution in [0.25, 0.3) is 49.5 Å². The summed E-state index contributed by atoms with van der Waals surface area (Å²) in [5.41, 5.74) is 6.76. The third kappa shape index (κ3) is 3.06. The van der Waals surface area contributed by atoms with Crippen LogP contribution in [0.4, 0.5) is 0 Å². The Balaban J connectivity index is 1.53. The maximum Gasteiger partial charge on any atom is 0.494 e. The second-order valence-corrected chi connectivity index (χ2v) is 10.8. The van der Waals surface area contributed by atoms with Crippen LogP contribution in [0.15, 0.2) is 91.0 Å². The van der Waals surface area contributed by atoms with Crippen LogP contribution in [0.5, 0.6) is 0 Å². The summed E-state index contributed by atoms with van der Waals surface area (Å²) in [4.78, 5) is 5.10. The van der Waals surface area contributed by atoms with Crippen molar-refractivity contribution in [2.45, 2.75) is 38.9 Å². The van der Waals surface area contributed by atoms with Crippen molar-refractivity contribution in [3.63, 3.8) is 0 Å². The molecule has 6 aromatic rings. The molecule has 0 amide bonds. The topological polar surface area (TPSA) is 35.8 Å². The summed E-state index contributed by atoms with van der Waals surface area (Å²) < 4.78 is 15.1. The lowest BCUT2D eigenvalue weighted by atomic mass is 9.78. The minimum atomic E-state index is -0.416.